The molecular weight excluding hydrogens is 281 g/mol. The second-order valence-electron chi connectivity index (χ2n) is 4.28. The van der Waals surface area contributed by atoms with Crippen molar-refractivity contribution in [1.82, 2.24) is 19.7 Å². The molecule has 0 saturated heterocycles. The van der Waals surface area contributed by atoms with Crippen molar-refractivity contribution in [2.45, 2.75) is 6.18 Å². The van der Waals surface area contributed by atoms with Crippen molar-refractivity contribution in [1.29, 1.82) is 0 Å². The maximum atomic E-state index is 13.0. The molecule has 0 bridgehead atoms. The van der Waals surface area contributed by atoms with E-state index in [9.17, 15) is 13.2 Å². The van der Waals surface area contributed by atoms with Gasteiger partial charge in [0.2, 0.25) is 0 Å². The third kappa shape index (κ3) is 2.62. The quantitative estimate of drug-likeness (QED) is 0.727. The summed E-state index contributed by atoms with van der Waals surface area (Å²) < 4.78 is 40.2. The maximum Gasteiger partial charge on any atom is 0.418 e. The summed E-state index contributed by atoms with van der Waals surface area (Å²) in [4.78, 5) is 7.84. The van der Waals surface area contributed by atoms with Crippen LogP contribution in [0.3, 0.4) is 0 Å². The molecule has 0 atom stereocenters. The van der Waals surface area contributed by atoms with Gasteiger partial charge in [0.1, 0.15) is 6.33 Å². The van der Waals surface area contributed by atoms with Crippen LogP contribution in [0, 0.1) is 0 Å². The van der Waals surface area contributed by atoms with Gasteiger partial charge in [0.15, 0.2) is 0 Å². The first-order valence-corrected chi connectivity index (χ1v) is 6.03. The monoisotopic (exact) mass is 290 g/mol. The first-order valence-electron chi connectivity index (χ1n) is 6.03. The molecule has 1 aromatic carbocycles. The van der Waals surface area contributed by atoms with Gasteiger partial charge in [-0.3, -0.25) is 0 Å². The molecule has 0 radical (unpaired) electrons. The zero-order chi connectivity index (χ0) is 14.9. The summed E-state index contributed by atoms with van der Waals surface area (Å²) in [5.41, 5.74) is 0.461. The number of hydrogen-bond donors (Lipinski definition) is 0. The lowest BCUT2D eigenvalue weighted by Crippen LogP contribution is -2.10. The van der Waals surface area contributed by atoms with Gasteiger partial charge >= 0.3 is 6.18 Å². The molecule has 4 nitrogen and oxygen atoms in total. The predicted octanol–water partition coefficient (Wildman–Crippen LogP) is 3.35. The molecule has 2 heterocycles. The molecule has 21 heavy (non-hydrogen) atoms. The Morgan fingerprint density at radius 1 is 1.05 bits per heavy atom. The zero-order valence-electron chi connectivity index (χ0n) is 10.6. The van der Waals surface area contributed by atoms with Crippen molar-refractivity contribution in [2.75, 3.05) is 0 Å². The maximum absolute atomic E-state index is 13.0. The van der Waals surface area contributed by atoms with Crippen LogP contribution in [0.2, 0.25) is 0 Å². The average molecular weight is 290 g/mol. The summed E-state index contributed by atoms with van der Waals surface area (Å²) >= 11 is 0. The third-order valence-electron chi connectivity index (χ3n) is 2.92. The summed E-state index contributed by atoms with van der Waals surface area (Å²) in [5, 5.41) is 3.99. The summed E-state index contributed by atoms with van der Waals surface area (Å²) in [7, 11) is 0. The minimum Gasteiger partial charge on any atom is -0.245 e. The fourth-order valence-corrected chi connectivity index (χ4v) is 1.96. The van der Waals surface area contributed by atoms with Crippen molar-refractivity contribution in [2.24, 2.45) is 0 Å². The van der Waals surface area contributed by atoms with Gasteiger partial charge < -0.3 is 0 Å². The largest absolute Gasteiger partial charge is 0.418 e. The standard InChI is InChI=1S/C14H9F3N4/c15-14(16,17)11-3-1-2-4-13(11)21-8-10(7-20-21)12-5-6-18-9-19-12/h1-9H. The van der Waals surface area contributed by atoms with Crippen molar-refractivity contribution in [3.8, 4) is 16.9 Å². The van der Waals surface area contributed by atoms with Crippen molar-refractivity contribution in [3.63, 3.8) is 0 Å². The molecule has 0 fully saturated rings. The van der Waals surface area contributed by atoms with Crippen LogP contribution < -0.4 is 0 Å². The summed E-state index contributed by atoms with van der Waals surface area (Å²) in [6, 6.07) is 6.95. The Bertz CT molecular complexity index is 750. The Morgan fingerprint density at radius 2 is 1.86 bits per heavy atom. The summed E-state index contributed by atoms with van der Waals surface area (Å²) in [6.07, 6.45) is 1.47. The third-order valence-corrected chi connectivity index (χ3v) is 2.92. The molecule has 0 aliphatic rings. The number of alkyl halides is 3. The van der Waals surface area contributed by atoms with Crippen LogP contribution in [-0.2, 0) is 6.18 Å². The van der Waals surface area contributed by atoms with Gasteiger partial charge in [0.25, 0.3) is 0 Å². The molecule has 0 amide bonds. The smallest absolute Gasteiger partial charge is 0.245 e. The van der Waals surface area contributed by atoms with Crippen LogP contribution in [0.5, 0.6) is 0 Å². The van der Waals surface area contributed by atoms with Gasteiger partial charge in [-0.05, 0) is 18.2 Å². The van der Waals surface area contributed by atoms with Gasteiger partial charge in [-0.1, -0.05) is 12.1 Å². The first-order chi connectivity index (χ1) is 10.1. The van der Waals surface area contributed by atoms with E-state index in [-0.39, 0.29) is 5.69 Å². The average Bonchev–Trinajstić information content (AvgIpc) is 2.97. The zero-order valence-corrected chi connectivity index (χ0v) is 10.6. The van der Waals surface area contributed by atoms with Crippen LogP contribution in [0.4, 0.5) is 13.2 Å². The van der Waals surface area contributed by atoms with Crippen LogP contribution in [0.1, 0.15) is 5.56 Å². The highest BCUT2D eigenvalue weighted by molar-refractivity contribution is 5.57. The van der Waals surface area contributed by atoms with Gasteiger partial charge in [0, 0.05) is 18.0 Å². The van der Waals surface area contributed by atoms with E-state index in [1.807, 2.05) is 0 Å². The number of hydrogen-bond acceptors (Lipinski definition) is 3. The second kappa shape index (κ2) is 5.01. The number of para-hydroxylation sites is 1. The highest BCUT2D eigenvalue weighted by Crippen LogP contribution is 2.33. The lowest BCUT2D eigenvalue weighted by atomic mass is 10.1. The Kier molecular flexibility index (Phi) is 3.17. The number of aromatic nitrogens is 4. The van der Waals surface area contributed by atoms with E-state index < -0.39 is 11.7 Å². The second-order valence-corrected chi connectivity index (χ2v) is 4.28. The fourth-order valence-electron chi connectivity index (χ4n) is 1.96. The van der Waals surface area contributed by atoms with Crippen molar-refractivity contribution < 1.29 is 13.2 Å². The van der Waals surface area contributed by atoms with E-state index in [1.54, 1.807) is 12.3 Å². The molecule has 7 heteroatoms. The normalized spacial score (nSPS) is 11.6. The highest BCUT2D eigenvalue weighted by atomic mass is 19.4. The molecular formula is C14H9F3N4. The Morgan fingerprint density at radius 3 is 2.57 bits per heavy atom. The lowest BCUT2D eigenvalue weighted by Gasteiger charge is -2.12. The van der Waals surface area contributed by atoms with E-state index in [0.717, 1.165) is 6.07 Å². The Balaban J connectivity index is 2.06. The van der Waals surface area contributed by atoms with Gasteiger partial charge in [-0.2, -0.15) is 18.3 Å². The SMILES string of the molecule is FC(F)(F)c1ccccc1-n1cc(-c2ccncn2)cn1. The lowest BCUT2D eigenvalue weighted by molar-refractivity contribution is -0.137. The minimum atomic E-state index is -4.43. The molecule has 2 aromatic heterocycles. The molecule has 0 N–H and O–H groups in total. The number of halogens is 3. The number of benzene rings is 1. The molecule has 0 aliphatic heterocycles. The Labute approximate surface area is 117 Å². The molecule has 0 aliphatic carbocycles. The van der Waals surface area contributed by atoms with Crippen LogP contribution >= 0.6 is 0 Å². The molecule has 106 valence electrons. The van der Waals surface area contributed by atoms with Crippen molar-refractivity contribution in [3.05, 3.63) is 60.8 Å². The van der Waals surface area contributed by atoms with E-state index in [1.165, 1.54) is 41.6 Å². The summed E-state index contributed by atoms with van der Waals surface area (Å²) in [5.74, 6) is 0. The van der Waals surface area contributed by atoms with Gasteiger partial charge in [0.05, 0.1) is 23.1 Å². The molecule has 0 saturated carbocycles. The topological polar surface area (TPSA) is 43.6 Å². The van der Waals surface area contributed by atoms with E-state index in [0.29, 0.717) is 11.3 Å². The van der Waals surface area contributed by atoms with Crippen molar-refractivity contribution >= 4 is 0 Å². The molecule has 0 unspecified atom stereocenters. The number of nitrogens with zero attached hydrogens (tertiary/aromatic N) is 4. The van der Waals surface area contributed by atoms with E-state index in [2.05, 4.69) is 15.1 Å². The van der Waals surface area contributed by atoms with Gasteiger partial charge in [-0.15, -0.1) is 0 Å². The van der Waals surface area contributed by atoms with E-state index >= 15 is 0 Å². The van der Waals surface area contributed by atoms with Crippen LogP contribution in [-0.4, -0.2) is 19.7 Å². The minimum absolute atomic E-state index is 0.0229. The molecule has 3 rings (SSSR count). The predicted molar refractivity (Wildman–Crippen MR) is 69.6 cm³/mol. The molecule has 3 aromatic rings. The fraction of sp³-hybridized carbons (Fsp3) is 0.0714. The van der Waals surface area contributed by atoms with Crippen LogP contribution in [0.25, 0.3) is 16.9 Å². The van der Waals surface area contributed by atoms with Crippen LogP contribution in [0.15, 0.2) is 55.2 Å². The number of rotatable bonds is 2. The first kappa shape index (κ1) is 13.3. The highest BCUT2D eigenvalue weighted by Gasteiger charge is 2.33. The van der Waals surface area contributed by atoms with Gasteiger partial charge in [-0.25, -0.2) is 14.6 Å². The summed E-state index contributed by atoms with van der Waals surface area (Å²) in [6.45, 7) is 0. The Hall–Kier alpha value is -2.70. The molecule has 0 spiro atoms. The van der Waals surface area contributed by atoms with E-state index in [4.69, 9.17) is 0 Å².